The number of aromatic nitrogens is 2. The molecular weight excluding hydrogens is 425 g/mol. The fraction of sp³-hybridized carbons (Fsp3) is 0.476. The van der Waals surface area contributed by atoms with Crippen LogP contribution in [0.25, 0.3) is 0 Å². The lowest BCUT2D eigenvalue weighted by atomic mass is 10.1. The van der Waals surface area contributed by atoms with Crippen LogP contribution in [0.4, 0.5) is 10.1 Å². The lowest BCUT2D eigenvalue weighted by Gasteiger charge is -2.23. The van der Waals surface area contributed by atoms with Crippen LogP contribution in [0, 0.1) is 0 Å². The second-order valence-corrected chi connectivity index (χ2v) is 7.97. The molecule has 0 bridgehead atoms. The van der Waals surface area contributed by atoms with Gasteiger partial charge in [-0.3, -0.25) is 4.79 Å². The first-order chi connectivity index (χ1) is 13.4. The summed E-state index contributed by atoms with van der Waals surface area (Å²) in [5, 5.41) is 3.97. The van der Waals surface area contributed by atoms with Gasteiger partial charge in [0.15, 0.2) is 5.82 Å². The van der Waals surface area contributed by atoms with Gasteiger partial charge >= 0.3 is 0 Å². The van der Waals surface area contributed by atoms with Gasteiger partial charge in [0.05, 0.1) is 5.83 Å². The largest absolute Gasteiger partial charge is 0.339 e. The van der Waals surface area contributed by atoms with Crippen LogP contribution in [0.1, 0.15) is 63.6 Å². The van der Waals surface area contributed by atoms with Crippen LogP contribution < -0.4 is 4.90 Å². The van der Waals surface area contributed by atoms with E-state index in [4.69, 9.17) is 4.52 Å². The molecule has 0 aliphatic heterocycles. The van der Waals surface area contributed by atoms with Crippen molar-refractivity contribution in [2.45, 2.75) is 58.3 Å². The number of unbranched alkanes of at least 4 members (excludes halogenated alkanes) is 2. The average Bonchev–Trinajstić information content (AvgIpc) is 3.12. The average molecular weight is 452 g/mol. The molecular formula is C21H27BrFN3O2. The van der Waals surface area contributed by atoms with Gasteiger partial charge in [0.2, 0.25) is 11.8 Å². The third-order valence-corrected chi connectivity index (χ3v) is 4.80. The number of allylic oxidation sites excluding steroid dienone is 1. The summed E-state index contributed by atoms with van der Waals surface area (Å²) in [6.45, 7) is 7.87. The third-order valence-electron chi connectivity index (χ3n) is 4.30. The molecule has 0 N–H and O–H groups in total. The summed E-state index contributed by atoms with van der Waals surface area (Å²) in [5.41, 5.74) is 0.808. The molecule has 28 heavy (non-hydrogen) atoms. The molecule has 5 nitrogen and oxygen atoms in total. The molecule has 0 saturated carbocycles. The van der Waals surface area contributed by atoms with Gasteiger partial charge in [0.25, 0.3) is 0 Å². The number of carbonyl (C=O) groups is 1. The van der Waals surface area contributed by atoms with Gasteiger partial charge in [-0.2, -0.15) is 4.98 Å². The first-order valence-corrected chi connectivity index (χ1v) is 10.4. The maximum Gasteiger partial charge on any atom is 0.227 e. The van der Waals surface area contributed by atoms with E-state index in [0.29, 0.717) is 12.4 Å². The fourth-order valence-electron chi connectivity index (χ4n) is 2.75. The minimum absolute atomic E-state index is 0.0543. The smallest absolute Gasteiger partial charge is 0.227 e. The maximum atomic E-state index is 13.0. The molecule has 0 saturated heterocycles. The zero-order valence-electron chi connectivity index (χ0n) is 16.5. The van der Waals surface area contributed by atoms with E-state index in [9.17, 15) is 9.18 Å². The van der Waals surface area contributed by atoms with Gasteiger partial charge in [0, 0.05) is 41.9 Å². The SMILES string of the molecule is C=C(F)CCC(=O)N(CCCCCc1nc(C(C)C)no1)c1cccc(Br)c1. The van der Waals surface area contributed by atoms with Crippen LogP contribution in [-0.4, -0.2) is 22.6 Å². The van der Waals surface area contributed by atoms with Crippen molar-refractivity contribution in [3.05, 3.63) is 52.9 Å². The molecule has 1 aromatic carbocycles. The van der Waals surface area contributed by atoms with Crippen LogP contribution in [0.5, 0.6) is 0 Å². The molecule has 0 unspecified atom stereocenters. The first-order valence-electron chi connectivity index (χ1n) is 9.58. The number of nitrogens with zero attached hydrogens (tertiary/aromatic N) is 3. The Balaban J connectivity index is 1.87. The Hall–Kier alpha value is -2.02. The predicted molar refractivity (Wildman–Crippen MR) is 112 cm³/mol. The van der Waals surface area contributed by atoms with E-state index in [1.165, 1.54) is 0 Å². The number of amides is 1. The van der Waals surface area contributed by atoms with E-state index in [-0.39, 0.29) is 24.7 Å². The summed E-state index contributed by atoms with van der Waals surface area (Å²) in [6.07, 6.45) is 3.56. The summed E-state index contributed by atoms with van der Waals surface area (Å²) in [5.74, 6) is 1.07. The predicted octanol–water partition coefficient (Wildman–Crippen LogP) is 5.96. The van der Waals surface area contributed by atoms with Gasteiger partial charge in [0.1, 0.15) is 0 Å². The molecule has 2 aromatic rings. The maximum absolute atomic E-state index is 13.0. The summed E-state index contributed by atoms with van der Waals surface area (Å²) >= 11 is 3.44. The molecule has 1 aromatic heterocycles. The number of benzene rings is 1. The highest BCUT2D eigenvalue weighted by Crippen LogP contribution is 2.22. The minimum atomic E-state index is -0.470. The van der Waals surface area contributed by atoms with E-state index in [0.717, 1.165) is 41.7 Å². The molecule has 0 fully saturated rings. The number of halogens is 2. The van der Waals surface area contributed by atoms with Crippen molar-refractivity contribution in [3.8, 4) is 0 Å². The normalized spacial score (nSPS) is 11.0. The number of rotatable bonds is 11. The molecule has 7 heteroatoms. The van der Waals surface area contributed by atoms with E-state index in [1.807, 2.05) is 38.1 Å². The second kappa shape index (κ2) is 11.1. The monoisotopic (exact) mass is 451 g/mol. The van der Waals surface area contributed by atoms with E-state index in [1.54, 1.807) is 4.90 Å². The Morgan fingerprint density at radius 1 is 1.29 bits per heavy atom. The first kappa shape index (κ1) is 22.3. The van der Waals surface area contributed by atoms with Gasteiger partial charge in [-0.15, -0.1) is 0 Å². The van der Waals surface area contributed by atoms with Crippen molar-refractivity contribution in [1.29, 1.82) is 0 Å². The fourth-order valence-corrected chi connectivity index (χ4v) is 3.13. The van der Waals surface area contributed by atoms with Gasteiger partial charge in [-0.05, 0) is 31.0 Å². The molecule has 1 heterocycles. The summed E-state index contributed by atoms with van der Waals surface area (Å²) < 4.78 is 19.1. The highest BCUT2D eigenvalue weighted by Gasteiger charge is 2.16. The van der Waals surface area contributed by atoms with Gasteiger partial charge in [-0.25, -0.2) is 4.39 Å². The molecule has 0 atom stereocenters. The second-order valence-electron chi connectivity index (χ2n) is 7.05. The highest BCUT2D eigenvalue weighted by atomic mass is 79.9. The quantitative estimate of drug-likeness (QED) is 0.395. The Morgan fingerprint density at radius 2 is 2.07 bits per heavy atom. The number of anilines is 1. The van der Waals surface area contributed by atoms with Crippen molar-refractivity contribution in [2.75, 3.05) is 11.4 Å². The van der Waals surface area contributed by atoms with E-state index < -0.39 is 5.83 Å². The van der Waals surface area contributed by atoms with Crippen LogP contribution in [0.3, 0.4) is 0 Å². The molecule has 0 spiro atoms. The summed E-state index contributed by atoms with van der Waals surface area (Å²) in [7, 11) is 0. The van der Waals surface area contributed by atoms with E-state index >= 15 is 0 Å². The Bertz CT molecular complexity index is 791. The molecule has 152 valence electrons. The summed E-state index contributed by atoms with van der Waals surface area (Å²) in [6, 6.07) is 7.58. The van der Waals surface area contributed by atoms with Crippen molar-refractivity contribution < 1.29 is 13.7 Å². The van der Waals surface area contributed by atoms with Crippen molar-refractivity contribution in [3.63, 3.8) is 0 Å². The number of carbonyl (C=O) groups excluding carboxylic acids is 1. The number of hydrogen-bond acceptors (Lipinski definition) is 4. The summed E-state index contributed by atoms with van der Waals surface area (Å²) in [4.78, 5) is 18.7. The van der Waals surface area contributed by atoms with Crippen LogP contribution in [-0.2, 0) is 11.2 Å². The molecule has 2 rings (SSSR count). The van der Waals surface area contributed by atoms with Crippen LogP contribution in [0.2, 0.25) is 0 Å². The third kappa shape index (κ3) is 7.19. The van der Waals surface area contributed by atoms with Crippen LogP contribution >= 0.6 is 15.9 Å². The zero-order valence-corrected chi connectivity index (χ0v) is 18.0. The lowest BCUT2D eigenvalue weighted by molar-refractivity contribution is -0.118. The van der Waals surface area contributed by atoms with Gasteiger partial charge < -0.3 is 9.42 Å². The van der Waals surface area contributed by atoms with Crippen LogP contribution in [0.15, 0.2) is 45.7 Å². The zero-order chi connectivity index (χ0) is 20.5. The molecule has 0 radical (unpaired) electrons. The standard InChI is InChI=1S/C21H27BrFN3O2/c1-15(2)21-24-19(28-25-21)10-5-4-6-13-26(20(27)12-11-16(3)23)18-9-7-8-17(22)14-18/h7-9,14-15H,3-6,10-13H2,1-2H3. The number of aryl methyl sites for hydroxylation is 1. The Labute approximate surface area is 174 Å². The Kier molecular flexibility index (Phi) is 8.83. The molecule has 0 aliphatic carbocycles. The van der Waals surface area contributed by atoms with E-state index in [2.05, 4.69) is 32.6 Å². The highest BCUT2D eigenvalue weighted by molar-refractivity contribution is 9.10. The topological polar surface area (TPSA) is 59.2 Å². The van der Waals surface area contributed by atoms with Crippen molar-refractivity contribution in [1.82, 2.24) is 10.1 Å². The molecule has 0 aliphatic rings. The van der Waals surface area contributed by atoms with Crippen molar-refractivity contribution >= 4 is 27.5 Å². The minimum Gasteiger partial charge on any atom is -0.339 e. The molecule has 1 amide bonds. The van der Waals surface area contributed by atoms with Crippen molar-refractivity contribution in [2.24, 2.45) is 0 Å². The van der Waals surface area contributed by atoms with Gasteiger partial charge in [-0.1, -0.05) is 54.0 Å². The lowest BCUT2D eigenvalue weighted by Crippen LogP contribution is -2.31. The Morgan fingerprint density at radius 3 is 2.71 bits per heavy atom. The number of hydrogen-bond donors (Lipinski definition) is 0.